The van der Waals surface area contributed by atoms with Crippen LogP contribution in [0.5, 0.6) is 0 Å². The number of hydrogen-bond donors (Lipinski definition) is 0. The van der Waals surface area contributed by atoms with Crippen molar-refractivity contribution >= 4 is 50.8 Å². The molecule has 0 fully saturated rings. The van der Waals surface area contributed by atoms with E-state index in [9.17, 15) is 4.79 Å². The first-order chi connectivity index (χ1) is 13.2. The van der Waals surface area contributed by atoms with Crippen molar-refractivity contribution in [3.05, 3.63) is 83.0 Å². The predicted octanol–water partition coefficient (Wildman–Crippen LogP) is 5.65. The topological polar surface area (TPSA) is 47.8 Å². The summed E-state index contributed by atoms with van der Waals surface area (Å²) in [6.07, 6.45) is 1.57. The third-order valence-electron chi connectivity index (χ3n) is 4.44. The molecule has 0 aliphatic rings. The molecule has 6 heteroatoms. The summed E-state index contributed by atoms with van der Waals surface area (Å²) in [5.74, 6) is -0.133. The summed E-state index contributed by atoms with van der Waals surface area (Å²) in [6.45, 7) is 0. The van der Waals surface area contributed by atoms with Gasteiger partial charge in [0.1, 0.15) is 6.33 Å². The van der Waals surface area contributed by atoms with Crippen LogP contribution in [0.1, 0.15) is 10.4 Å². The van der Waals surface area contributed by atoms with E-state index in [-0.39, 0.29) is 5.91 Å². The highest BCUT2D eigenvalue weighted by Crippen LogP contribution is 2.32. The van der Waals surface area contributed by atoms with Crippen molar-refractivity contribution in [2.24, 2.45) is 0 Å². The van der Waals surface area contributed by atoms with Crippen molar-refractivity contribution in [3.63, 3.8) is 0 Å². The molecule has 0 spiro atoms. The summed E-state index contributed by atoms with van der Waals surface area (Å²) < 4.78 is 2.27. The van der Waals surface area contributed by atoms with Gasteiger partial charge >= 0.3 is 0 Å². The zero-order chi connectivity index (χ0) is 18.4. The molecule has 0 aliphatic carbocycles. The van der Waals surface area contributed by atoms with Crippen molar-refractivity contribution < 1.29 is 4.79 Å². The highest BCUT2D eigenvalue weighted by Gasteiger charge is 2.18. The van der Waals surface area contributed by atoms with Gasteiger partial charge in [0, 0.05) is 5.39 Å². The van der Waals surface area contributed by atoms with Crippen molar-refractivity contribution in [3.8, 4) is 10.6 Å². The number of carbonyl (C=O) groups excluding carboxylic acids is 1. The SMILES string of the molecule is O=C(c1cc(-c2ccc(Cl)s2)nc2ccccc12)n1cnc2ccccc21. The molecular weight excluding hydrogens is 378 g/mol. The van der Waals surface area contributed by atoms with Crippen LogP contribution in [0.2, 0.25) is 4.34 Å². The van der Waals surface area contributed by atoms with E-state index in [1.165, 1.54) is 11.3 Å². The van der Waals surface area contributed by atoms with E-state index in [0.29, 0.717) is 9.90 Å². The molecule has 0 saturated carbocycles. The van der Waals surface area contributed by atoms with Crippen molar-refractivity contribution in [2.45, 2.75) is 0 Å². The Balaban J connectivity index is 1.75. The lowest BCUT2D eigenvalue weighted by Crippen LogP contribution is -2.12. The molecule has 0 amide bonds. The van der Waals surface area contributed by atoms with E-state index in [0.717, 1.165) is 32.5 Å². The van der Waals surface area contributed by atoms with Crippen LogP contribution in [0, 0.1) is 0 Å². The Hall–Kier alpha value is -3.02. The summed E-state index contributed by atoms with van der Waals surface area (Å²) in [5, 5.41) is 0.812. The van der Waals surface area contributed by atoms with Crippen molar-refractivity contribution in [1.29, 1.82) is 0 Å². The number of rotatable bonds is 2. The van der Waals surface area contributed by atoms with Crippen LogP contribution in [0.4, 0.5) is 0 Å². The number of fused-ring (bicyclic) bond motifs is 2. The highest BCUT2D eigenvalue weighted by molar-refractivity contribution is 7.19. The van der Waals surface area contributed by atoms with Gasteiger partial charge in [0.25, 0.3) is 5.91 Å². The molecule has 0 atom stereocenters. The lowest BCUT2D eigenvalue weighted by Gasteiger charge is -2.09. The number of imidazole rings is 1. The molecular formula is C21H12ClN3OS. The molecule has 0 saturated heterocycles. The van der Waals surface area contributed by atoms with Gasteiger partial charge in [-0.25, -0.2) is 9.97 Å². The molecule has 3 aromatic heterocycles. The fourth-order valence-corrected chi connectivity index (χ4v) is 4.19. The number of para-hydroxylation sites is 3. The summed E-state index contributed by atoms with van der Waals surface area (Å²) in [7, 11) is 0. The molecule has 2 aromatic carbocycles. The van der Waals surface area contributed by atoms with Crippen molar-refractivity contribution in [1.82, 2.24) is 14.5 Å². The Bertz CT molecular complexity index is 1320. The first-order valence-corrected chi connectivity index (χ1v) is 9.52. The number of halogens is 1. The second-order valence-electron chi connectivity index (χ2n) is 6.08. The zero-order valence-electron chi connectivity index (χ0n) is 14.0. The van der Waals surface area contributed by atoms with Gasteiger partial charge in [-0.3, -0.25) is 9.36 Å². The van der Waals surface area contributed by atoms with Crippen molar-refractivity contribution in [2.75, 3.05) is 0 Å². The molecule has 4 nitrogen and oxygen atoms in total. The number of benzene rings is 2. The first kappa shape index (κ1) is 16.2. The molecule has 130 valence electrons. The molecule has 27 heavy (non-hydrogen) atoms. The largest absolute Gasteiger partial charge is 0.268 e. The first-order valence-electron chi connectivity index (χ1n) is 8.33. The van der Waals surface area contributed by atoms with E-state index in [4.69, 9.17) is 16.6 Å². The second-order valence-corrected chi connectivity index (χ2v) is 7.80. The lowest BCUT2D eigenvalue weighted by molar-refractivity contribution is 0.0966. The maximum atomic E-state index is 13.4. The quantitative estimate of drug-likeness (QED) is 0.391. The minimum Gasteiger partial charge on any atom is -0.268 e. The Morgan fingerprint density at radius 1 is 0.963 bits per heavy atom. The summed E-state index contributed by atoms with van der Waals surface area (Å²) in [6, 6.07) is 20.8. The van der Waals surface area contributed by atoms with Gasteiger partial charge in [0.2, 0.25) is 0 Å². The average Bonchev–Trinajstić information content (AvgIpc) is 3.33. The highest BCUT2D eigenvalue weighted by atomic mass is 35.5. The minimum absolute atomic E-state index is 0.133. The Labute approximate surface area is 163 Å². The summed E-state index contributed by atoms with van der Waals surface area (Å²) >= 11 is 7.53. The van der Waals surface area contributed by atoms with Crippen LogP contribution in [0.3, 0.4) is 0 Å². The minimum atomic E-state index is -0.133. The lowest BCUT2D eigenvalue weighted by atomic mass is 10.1. The average molecular weight is 390 g/mol. The van der Waals surface area contributed by atoms with E-state index in [2.05, 4.69) is 4.98 Å². The molecule has 0 bridgehead atoms. The number of hydrogen-bond acceptors (Lipinski definition) is 4. The van der Waals surface area contributed by atoms with Crippen LogP contribution in [0.25, 0.3) is 32.5 Å². The van der Waals surface area contributed by atoms with E-state index < -0.39 is 0 Å². The summed E-state index contributed by atoms with van der Waals surface area (Å²) in [5.41, 5.74) is 3.66. The molecule has 0 aliphatic heterocycles. The third kappa shape index (κ3) is 2.72. The standard InChI is InChI=1S/C21H12ClN3OS/c22-20-10-9-19(27-20)17-11-14(13-5-1-2-6-15(13)24-17)21(26)25-12-23-16-7-3-4-8-18(16)25/h1-12H. The van der Waals surface area contributed by atoms with Gasteiger partial charge in [0.05, 0.1) is 37.0 Å². The van der Waals surface area contributed by atoms with Gasteiger partial charge in [-0.05, 0) is 36.4 Å². The maximum Gasteiger partial charge on any atom is 0.264 e. The fraction of sp³-hybridized carbons (Fsp3) is 0. The Morgan fingerprint density at radius 2 is 1.74 bits per heavy atom. The monoisotopic (exact) mass is 389 g/mol. The number of pyridine rings is 1. The number of aromatic nitrogens is 3. The van der Waals surface area contributed by atoms with Gasteiger partial charge in [-0.15, -0.1) is 11.3 Å². The molecule has 3 heterocycles. The third-order valence-corrected chi connectivity index (χ3v) is 5.70. The zero-order valence-corrected chi connectivity index (χ0v) is 15.5. The van der Waals surface area contributed by atoms with Crippen LogP contribution >= 0.6 is 22.9 Å². The van der Waals surface area contributed by atoms with Gasteiger partial charge in [-0.1, -0.05) is 41.9 Å². The fourth-order valence-electron chi connectivity index (χ4n) is 3.18. The molecule has 0 unspecified atom stereocenters. The number of thiophene rings is 1. The normalized spacial score (nSPS) is 11.3. The smallest absolute Gasteiger partial charge is 0.264 e. The maximum absolute atomic E-state index is 13.4. The van der Waals surface area contributed by atoms with E-state index >= 15 is 0 Å². The van der Waals surface area contributed by atoms with Crippen LogP contribution in [0.15, 0.2) is 73.1 Å². The predicted molar refractivity (Wildman–Crippen MR) is 110 cm³/mol. The van der Waals surface area contributed by atoms with Gasteiger partial charge < -0.3 is 0 Å². The molecule has 0 radical (unpaired) electrons. The number of carbonyl (C=O) groups is 1. The van der Waals surface area contributed by atoms with Crippen LogP contribution in [-0.2, 0) is 0 Å². The second kappa shape index (κ2) is 6.30. The van der Waals surface area contributed by atoms with Gasteiger partial charge in [-0.2, -0.15) is 0 Å². The van der Waals surface area contributed by atoms with Gasteiger partial charge in [0.15, 0.2) is 0 Å². The van der Waals surface area contributed by atoms with E-state index in [1.807, 2.05) is 66.7 Å². The summed E-state index contributed by atoms with van der Waals surface area (Å²) in [4.78, 5) is 23.4. The van der Waals surface area contributed by atoms with Crippen LogP contribution in [-0.4, -0.2) is 20.4 Å². The Morgan fingerprint density at radius 3 is 2.56 bits per heavy atom. The molecule has 5 rings (SSSR count). The van der Waals surface area contributed by atoms with E-state index in [1.54, 1.807) is 10.9 Å². The molecule has 0 N–H and O–H groups in total. The van der Waals surface area contributed by atoms with Crippen LogP contribution < -0.4 is 0 Å². The Kier molecular flexibility index (Phi) is 3.77. The molecule has 5 aromatic rings. The number of nitrogens with zero attached hydrogens (tertiary/aromatic N) is 3.